The third-order valence-corrected chi connectivity index (χ3v) is 3.16. The zero-order chi connectivity index (χ0) is 7.68. The van der Waals surface area contributed by atoms with Gasteiger partial charge in [-0.3, -0.25) is 0 Å². The molecule has 2 bridgehead atoms. The molecule has 64 valence electrons. The third kappa shape index (κ3) is 1.44. The Balaban J connectivity index is 1.78. The maximum Gasteiger partial charge on any atom is 0.0609 e. The molecule has 0 spiro atoms. The lowest BCUT2D eigenvalue weighted by molar-refractivity contribution is 0.0909. The summed E-state index contributed by atoms with van der Waals surface area (Å²) < 4.78 is 5.78. The van der Waals surface area contributed by atoms with Gasteiger partial charge in [0.05, 0.1) is 12.2 Å². The van der Waals surface area contributed by atoms with Crippen molar-refractivity contribution in [1.82, 2.24) is 0 Å². The van der Waals surface area contributed by atoms with Gasteiger partial charge in [-0.1, -0.05) is 19.8 Å². The first kappa shape index (κ1) is 7.60. The Kier molecular flexibility index (Phi) is 2.17. The normalized spacial score (nSPS) is 41.7. The van der Waals surface area contributed by atoms with E-state index in [0.717, 1.165) is 5.92 Å². The Morgan fingerprint density at radius 3 is 2.82 bits per heavy atom. The van der Waals surface area contributed by atoms with E-state index in [1.54, 1.807) is 0 Å². The Morgan fingerprint density at radius 1 is 1.36 bits per heavy atom. The number of hydrogen-bond acceptors (Lipinski definition) is 1. The van der Waals surface area contributed by atoms with Crippen LogP contribution in [0.1, 0.15) is 45.4 Å². The van der Waals surface area contributed by atoms with Crippen LogP contribution in [0.25, 0.3) is 0 Å². The van der Waals surface area contributed by atoms with Crippen LogP contribution in [0.2, 0.25) is 0 Å². The summed E-state index contributed by atoms with van der Waals surface area (Å²) in [5.41, 5.74) is 0. The Labute approximate surface area is 69.1 Å². The molecule has 0 aromatic rings. The molecule has 2 aliphatic rings. The Hall–Kier alpha value is -0.0400. The van der Waals surface area contributed by atoms with Gasteiger partial charge in [-0.25, -0.2) is 0 Å². The van der Waals surface area contributed by atoms with Crippen molar-refractivity contribution in [3.8, 4) is 0 Å². The van der Waals surface area contributed by atoms with Crippen molar-refractivity contribution < 1.29 is 4.74 Å². The SMILES string of the molecule is CCCCC1CC2CCC1O2. The van der Waals surface area contributed by atoms with Gasteiger partial charge in [0, 0.05) is 0 Å². The second-order valence-corrected chi connectivity index (χ2v) is 4.01. The Morgan fingerprint density at radius 2 is 2.27 bits per heavy atom. The largest absolute Gasteiger partial charge is 0.375 e. The molecule has 2 fully saturated rings. The van der Waals surface area contributed by atoms with Crippen LogP contribution in [-0.4, -0.2) is 12.2 Å². The molecule has 0 amide bonds. The molecule has 3 unspecified atom stereocenters. The van der Waals surface area contributed by atoms with Crippen LogP contribution in [0.3, 0.4) is 0 Å². The van der Waals surface area contributed by atoms with Gasteiger partial charge in [-0.05, 0) is 31.6 Å². The fourth-order valence-corrected chi connectivity index (χ4v) is 2.51. The molecule has 0 aromatic heterocycles. The quantitative estimate of drug-likeness (QED) is 0.607. The van der Waals surface area contributed by atoms with Crippen LogP contribution in [0, 0.1) is 5.92 Å². The van der Waals surface area contributed by atoms with Gasteiger partial charge in [0.25, 0.3) is 0 Å². The molecule has 1 nitrogen and oxygen atoms in total. The smallest absolute Gasteiger partial charge is 0.0609 e. The lowest BCUT2D eigenvalue weighted by Crippen LogP contribution is -2.15. The van der Waals surface area contributed by atoms with Crippen molar-refractivity contribution in [2.45, 2.75) is 57.7 Å². The van der Waals surface area contributed by atoms with E-state index in [1.165, 1.54) is 38.5 Å². The monoisotopic (exact) mass is 154 g/mol. The first-order chi connectivity index (χ1) is 5.40. The summed E-state index contributed by atoms with van der Waals surface area (Å²) in [5, 5.41) is 0. The molecule has 1 heteroatoms. The van der Waals surface area contributed by atoms with Crippen molar-refractivity contribution in [1.29, 1.82) is 0 Å². The maximum atomic E-state index is 5.78. The molecule has 2 rings (SSSR count). The maximum absolute atomic E-state index is 5.78. The summed E-state index contributed by atoms with van der Waals surface area (Å²) in [6, 6.07) is 0. The van der Waals surface area contributed by atoms with Gasteiger partial charge in [-0.15, -0.1) is 0 Å². The predicted octanol–water partition coefficient (Wildman–Crippen LogP) is 2.74. The predicted molar refractivity (Wildman–Crippen MR) is 45.5 cm³/mol. The average molecular weight is 154 g/mol. The van der Waals surface area contributed by atoms with E-state index < -0.39 is 0 Å². The highest BCUT2D eigenvalue weighted by molar-refractivity contribution is 4.88. The third-order valence-electron chi connectivity index (χ3n) is 3.16. The number of rotatable bonds is 3. The number of hydrogen-bond donors (Lipinski definition) is 0. The first-order valence-electron chi connectivity index (χ1n) is 5.05. The lowest BCUT2D eigenvalue weighted by atomic mass is 9.86. The second-order valence-electron chi connectivity index (χ2n) is 4.01. The zero-order valence-corrected chi connectivity index (χ0v) is 7.38. The minimum absolute atomic E-state index is 0.654. The van der Waals surface area contributed by atoms with E-state index in [0.29, 0.717) is 12.2 Å². The van der Waals surface area contributed by atoms with Crippen LogP contribution in [0.4, 0.5) is 0 Å². The van der Waals surface area contributed by atoms with Gasteiger partial charge >= 0.3 is 0 Å². The molecule has 2 saturated heterocycles. The molecule has 11 heavy (non-hydrogen) atoms. The zero-order valence-electron chi connectivity index (χ0n) is 7.38. The van der Waals surface area contributed by atoms with Gasteiger partial charge < -0.3 is 4.74 Å². The van der Waals surface area contributed by atoms with E-state index in [2.05, 4.69) is 6.92 Å². The highest BCUT2D eigenvalue weighted by Gasteiger charge is 2.39. The molecule has 0 aliphatic carbocycles. The van der Waals surface area contributed by atoms with E-state index in [9.17, 15) is 0 Å². The lowest BCUT2D eigenvalue weighted by Gasteiger charge is -2.17. The second kappa shape index (κ2) is 3.14. The fraction of sp³-hybridized carbons (Fsp3) is 1.00. The van der Waals surface area contributed by atoms with E-state index in [1.807, 2.05) is 0 Å². The van der Waals surface area contributed by atoms with Crippen LogP contribution in [0.15, 0.2) is 0 Å². The summed E-state index contributed by atoms with van der Waals surface area (Å²) in [6.07, 6.45) is 9.52. The molecule has 0 aromatic carbocycles. The molecule has 3 atom stereocenters. The fourth-order valence-electron chi connectivity index (χ4n) is 2.51. The van der Waals surface area contributed by atoms with Crippen LogP contribution in [0.5, 0.6) is 0 Å². The van der Waals surface area contributed by atoms with Crippen LogP contribution < -0.4 is 0 Å². The van der Waals surface area contributed by atoms with Crippen molar-refractivity contribution in [3.63, 3.8) is 0 Å². The molecular weight excluding hydrogens is 136 g/mol. The molecule has 2 heterocycles. The summed E-state index contributed by atoms with van der Waals surface area (Å²) in [5.74, 6) is 0.925. The van der Waals surface area contributed by atoms with Gasteiger partial charge in [0.1, 0.15) is 0 Å². The highest BCUT2D eigenvalue weighted by atomic mass is 16.5. The van der Waals surface area contributed by atoms with E-state index >= 15 is 0 Å². The van der Waals surface area contributed by atoms with E-state index in [-0.39, 0.29) is 0 Å². The molecular formula is C10H18O. The van der Waals surface area contributed by atoms with Crippen molar-refractivity contribution in [2.24, 2.45) is 5.92 Å². The minimum Gasteiger partial charge on any atom is -0.375 e. The average Bonchev–Trinajstić information content (AvgIpc) is 2.60. The molecule has 0 N–H and O–H groups in total. The number of unbranched alkanes of at least 4 members (excludes halogenated alkanes) is 1. The molecule has 2 aliphatic heterocycles. The highest BCUT2D eigenvalue weighted by Crippen LogP contribution is 2.40. The van der Waals surface area contributed by atoms with Gasteiger partial charge in [0.15, 0.2) is 0 Å². The van der Waals surface area contributed by atoms with Gasteiger partial charge in [0.2, 0.25) is 0 Å². The van der Waals surface area contributed by atoms with Gasteiger partial charge in [-0.2, -0.15) is 0 Å². The first-order valence-corrected chi connectivity index (χ1v) is 5.05. The van der Waals surface area contributed by atoms with E-state index in [4.69, 9.17) is 4.74 Å². The summed E-state index contributed by atoms with van der Waals surface area (Å²) in [7, 11) is 0. The standard InChI is InChI=1S/C10H18O/c1-2-3-4-8-7-9-5-6-10(8)11-9/h8-10H,2-7H2,1H3. The van der Waals surface area contributed by atoms with Crippen LogP contribution in [-0.2, 0) is 4.74 Å². The number of fused-ring (bicyclic) bond motifs is 2. The van der Waals surface area contributed by atoms with Crippen molar-refractivity contribution >= 4 is 0 Å². The number of ether oxygens (including phenoxy) is 1. The Bertz CT molecular complexity index is 133. The molecule has 0 radical (unpaired) electrons. The van der Waals surface area contributed by atoms with Crippen molar-refractivity contribution in [3.05, 3.63) is 0 Å². The summed E-state index contributed by atoms with van der Waals surface area (Å²) >= 11 is 0. The summed E-state index contributed by atoms with van der Waals surface area (Å²) in [6.45, 7) is 2.27. The minimum atomic E-state index is 0.654. The van der Waals surface area contributed by atoms with Crippen molar-refractivity contribution in [2.75, 3.05) is 0 Å². The molecule has 0 saturated carbocycles. The van der Waals surface area contributed by atoms with Crippen LogP contribution >= 0.6 is 0 Å². The topological polar surface area (TPSA) is 9.23 Å². The summed E-state index contributed by atoms with van der Waals surface area (Å²) in [4.78, 5) is 0.